The van der Waals surface area contributed by atoms with E-state index in [-0.39, 0.29) is 62.8 Å². The van der Waals surface area contributed by atoms with Crippen molar-refractivity contribution >= 4 is 81.3 Å². The molecule has 5 spiro atoms. The van der Waals surface area contributed by atoms with Gasteiger partial charge in [0.05, 0.1) is 51.1 Å². The van der Waals surface area contributed by atoms with Crippen LogP contribution in [0.5, 0.6) is 5.75 Å². The Morgan fingerprint density at radius 2 is 0.992 bits per heavy atom. The number of ether oxygens (including phenoxy) is 4. The number of aliphatic imine (C=N–C) groups is 1. The summed E-state index contributed by atoms with van der Waals surface area (Å²) in [6.07, 6.45) is 8.80. The minimum absolute atomic E-state index is 0.0692. The lowest BCUT2D eigenvalue weighted by molar-refractivity contribution is -0.274. The molecule has 0 saturated carbocycles. The van der Waals surface area contributed by atoms with E-state index in [9.17, 15) is 66.0 Å². The van der Waals surface area contributed by atoms with E-state index < -0.39 is 92.7 Å². The molecule has 10 saturated heterocycles. The number of Topliss-reactive ketones (excluding diaryl/α,β-unsaturated/α-hetero) is 2. The normalized spacial score (nSPS) is 22.9. The van der Waals surface area contributed by atoms with Gasteiger partial charge in [-0.15, -0.1) is 13.2 Å². The third-order valence-electron chi connectivity index (χ3n) is 25.6. The van der Waals surface area contributed by atoms with E-state index in [0.717, 1.165) is 139 Å². The number of alkyl halides is 3. The Bertz CT molecular complexity index is 5200. The fraction of sp³-hybridized carbons (Fsp3) is 0.580. The molecule has 128 heavy (non-hydrogen) atoms. The molecule has 2 atom stereocenters. The average molecular weight is 1880 g/mol. The predicted molar refractivity (Wildman–Crippen MR) is 476 cm³/mol. The number of carbonyl (C=O) groups excluding carboxylic acids is 4. The van der Waals surface area contributed by atoms with Gasteiger partial charge in [-0.1, -0.05) is 91.7 Å². The number of piperidine rings is 5. The molecule has 10 fully saturated rings. The minimum atomic E-state index is -4.82. The van der Waals surface area contributed by atoms with Gasteiger partial charge in [0.15, 0.2) is 11.6 Å². The molecule has 11 aliphatic heterocycles. The van der Waals surface area contributed by atoms with Crippen LogP contribution in [0.4, 0.5) is 13.2 Å². The monoisotopic (exact) mass is 1880 g/mol. The standard InChI is InChI=1S/C21H26N4O4S.C19H29N3O4S.C18H25F3N2O4S.C15H21N3O.C15H22N2O3S.O2S/c1-15(26)16-5-7-18(8-6-16)30(28,29)25-19(14-17-4-3-11-22-17)20(27)23-21(25)9-12-24(2)13-10-21;1-15(23)16-5-7-18(8-6-16)27(24,25)22-14-17(13-20(2)3)26-19(22)9-11-21(4)12-10-19;1-2-3-10-22-11-8-17(9-12-22)23(13-14-26-17)28(24,25)16-6-4-15(5-7-16)27-18(19,20)21;1-17-9-7-15(8-10-17)16-14(19)12-18(15)11-13-5-3-2-4-6-13;1-13-3-5-14(6-4-13)21(18,19)17-11-12-20-15(17)7-9-16(2)10-8-15;1-3-2/h4-8,11,19H,3,9-10,12-14H2,1-2H3,(H,23,27);5-8,17H,9-14H2,1-4H3;4-7H,2-3,8-14H2,1H3;2-6H,7-12H2,1H3,(H,16,19);3-6H,7-12H2,1-2H3;. The second kappa shape index (κ2) is 43.0. The highest BCUT2D eigenvalue weighted by Crippen LogP contribution is 2.45. The molecule has 0 bridgehead atoms. The summed E-state index contributed by atoms with van der Waals surface area (Å²) in [5.41, 5.74) is 0.649. The van der Waals surface area contributed by atoms with E-state index in [1.54, 1.807) is 39.1 Å². The zero-order chi connectivity index (χ0) is 92.8. The first-order valence-electron chi connectivity index (χ1n) is 43.5. The van der Waals surface area contributed by atoms with Crippen molar-refractivity contribution in [2.75, 3.05) is 160 Å². The summed E-state index contributed by atoms with van der Waals surface area (Å²) in [7, 11) is -2.94. The molecule has 2 amide bonds. The molecule has 704 valence electrons. The van der Waals surface area contributed by atoms with Crippen molar-refractivity contribution in [2.45, 2.75) is 191 Å². The number of carbonyl (C=O) groups is 4. The Balaban J connectivity index is 0.000000155. The number of aryl methyl sites for hydroxylation is 1. The van der Waals surface area contributed by atoms with Crippen LogP contribution in [0.3, 0.4) is 0 Å². The Kier molecular flexibility index (Phi) is 33.9. The lowest BCUT2D eigenvalue weighted by atomic mass is 9.96. The zero-order valence-electron chi connectivity index (χ0n) is 74.7. The van der Waals surface area contributed by atoms with E-state index in [4.69, 9.17) is 22.6 Å². The quantitative estimate of drug-likeness (QED) is 0.0701. The SMILES string of the molecule is CC(=O)c1ccc(S(=O)(=O)N2C(CC3=CCC=N3)C(=O)NC23CCN(C)CC3)cc1.CC(=O)c1ccc(S(=O)(=O)N2CC(CN(C)C)OC23CCN(C)CC3)cc1.CCCCN1CCC2(CC1)OCCN2S(=O)(=O)c1ccc(OC(F)(F)F)cc1.CN1CCC2(CC1)NC(=O)CN2Cc1ccccc1.Cc1ccc(S(=O)(=O)N2CCOC23CCN(C)CC3)cc1.O=S=O. The molecule has 11 aliphatic rings. The van der Waals surface area contributed by atoms with Crippen LogP contribution in [0, 0.1) is 6.92 Å². The van der Waals surface area contributed by atoms with Crippen LogP contribution in [0.15, 0.2) is 164 Å². The number of amides is 2. The van der Waals surface area contributed by atoms with Crippen molar-refractivity contribution in [3.05, 3.63) is 161 Å². The van der Waals surface area contributed by atoms with E-state index in [1.807, 2.05) is 64.3 Å². The summed E-state index contributed by atoms with van der Waals surface area (Å²) >= 11 is -0.750. The number of hydrogen-bond acceptors (Lipinski definition) is 26. The average Bonchev–Trinajstić information content (AvgIpc) is 1.58. The van der Waals surface area contributed by atoms with E-state index in [2.05, 4.69) is 95.0 Å². The summed E-state index contributed by atoms with van der Waals surface area (Å²) in [4.78, 5) is 68.3. The number of benzene rings is 5. The van der Waals surface area contributed by atoms with Crippen molar-refractivity contribution in [3.8, 4) is 5.75 Å². The molecule has 11 heterocycles. The Labute approximate surface area is 755 Å². The Hall–Kier alpha value is -7.56. The number of halogens is 3. The molecule has 5 aromatic rings. The maximum Gasteiger partial charge on any atom is 0.573 e. The predicted octanol–water partition coefficient (Wildman–Crippen LogP) is 7.82. The molecule has 0 aliphatic carbocycles. The van der Waals surface area contributed by atoms with Crippen molar-refractivity contribution in [2.24, 2.45) is 4.99 Å². The van der Waals surface area contributed by atoms with Crippen molar-refractivity contribution in [1.29, 1.82) is 0 Å². The van der Waals surface area contributed by atoms with Crippen molar-refractivity contribution < 1.29 is 93.4 Å². The number of rotatable bonds is 20. The fourth-order valence-corrected chi connectivity index (χ4v) is 25.5. The van der Waals surface area contributed by atoms with Crippen LogP contribution < -0.4 is 15.4 Å². The lowest BCUT2D eigenvalue weighted by Crippen LogP contribution is -2.60. The largest absolute Gasteiger partial charge is 0.573 e. The van der Waals surface area contributed by atoms with Gasteiger partial charge in [0.2, 0.25) is 51.9 Å². The molecule has 32 nitrogen and oxygen atoms in total. The lowest BCUT2D eigenvalue weighted by Gasteiger charge is -2.43. The van der Waals surface area contributed by atoms with Crippen LogP contribution in [-0.2, 0) is 82.0 Å². The van der Waals surface area contributed by atoms with Gasteiger partial charge >= 0.3 is 17.9 Å². The van der Waals surface area contributed by atoms with Crippen molar-refractivity contribution in [1.82, 2.24) is 62.2 Å². The highest BCUT2D eigenvalue weighted by Gasteiger charge is 2.59. The maximum absolute atomic E-state index is 13.8. The summed E-state index contributed by atoms with van der Waals surface area (Å²) in [5, 5.41) is 6.24. The Morgan fingerprint density at radius 3 is 1.44 bits per heavy atom. The smallest absolute Gasteiger partial charge is 0.406 e. The number of nitrogens with zero attached hydrogens (tertiary/aromatic N) is 12. The minimum Gasteiger partial charge on any atom is -0.406 e. The number of ketones is 2. The molecular formula is C88H123F3N14O18S5. The zero-order valence-corrected chi connectivity index (χ0v) is 78.7. The molecular weight excluding hydrogens is 1760 g/mol. The van der Waals surface area contributed by atoms with E-state index >= 15 is 0 Å². The topological polar surface area (TPSA) is 348 Å². The van der Waals surface area contributed by atoms with Gasteiger partial charge in [0.25, 0.3) is 0 Å². The second-order valence-electron chi connectivity index (χ2n) is 34.9. The van der Waals surface area contributed by atoms with Gasteiger partial charge in [0.1, 0.15) is 34.6 Å². The number of hydrogen-bond donors (Lipinski definition) is 2. The summed E-state index contributed by atoms with van der Waals surface area (Å²) in [6.45, 7) is 20.1. The number of nitrogens with one attached hydrogen (secondary N) is 2. The highest BCUT2D eigenvalue weighted by atomic mass is 32.2. The van der Waals surface area contributed by atoms with Gasteiger partial charge in [-0.25, -0.2) is 33.7 Å². The molecule has 2 unspecified atom stereocenters. The first kappa shape index (κ1) is 101. The van der Waals surface area contributed by atoms with Crippen LogP contribution in [0.25, 0.3) is 0 Å². The molecule has 0 radical (unpaired) electrons. The van der Waals surface area contributed by atoms with Gasteiger partial charge in [-0.3, -0.25) is 29.1 Å². The first-order valence-corrected chi connectivity index (χ1v) is 49.9. The van der Waals surface area contributed by atoms with Crippen molar-refractivity contribution in [3.63, 3.8) is 0 Å². The fourth-order valence-electron chi connectivity index (χ4n) is 18.4. The molecule has 2 N–H and O–H groups in total. The number of likely N-dealkylation sites (tertiary alicyclic amines) is 5. The highest BCUT2D eigenvalue weighted by molar-refractivity contribution is 7.90. The van der Waals surface area contributed by atoms with E-state index in [0.29, 0.717) is 113 Å². The van der Waals surface area contributed by atoms with Crippen LogP contribution in [0.2, 0.25) is 0 Å². The second-order valence-corrected chi connectivity index (χ2v) is 42.4. The number of allylic oxidation sites excluding steroid dienone is 1. The van der Waals surface area contributed by atoms with Crippen LogP contribution >= 0.6 is 0 Å². The van der Waals surface area contributed by atoms with Gasteiger partial charge in [-0.05, 0) is 168 Å². The molecule has 40 heteroatoms. The number of likely N-dealkylation sites (N-methyl/N-ethyl adjacent to an activating group) is 1. The maximum atomic E-state index is 13.8. The summed E-state index contributed by atoms with van der Waals surface area (Å²) < 4.78 is 188. The molecule has 0 aromatic heterocycles. The third kappa shape index (κ3) is 24.3. The number of sulfonamides is 4. The Morgan fingerprint density at radius 1 is 0.562 bits per heavy atom. The third-order valence-corrected chi connectivity index (χ3v) is 33.4. The molecule has 16 rings (SSSR count). The summed E-state index contributed by atoms with van der Waals surface area (Å²) in [5.74, 6) is -0.788. The first-order chi connectivity index (χ1) is 60.6. The van der Waals surface area contributed by atoms with Gasteiger partial charge < -0.3 is 59.0 Å². The van der Waals surface area contributed by atoms with Gasteiger partial charge in [0, 0.05) is 173 Å². The summed E-state index contributed by atoms with van der Waals surface area (Å²) in [6, 6.07) is 33.0. The van der Waals surface area contributed by atoms with Crippen LogP contribution in [0.1, 0.15) is 143 Å². The van der Waals surface area contributed by atoms with E-state index in [1.165, 1.54) is 64.4 Å². The number of unbranched alkanes of at least 4 members (excludes halogenated alkanes) is 1. The molecule has 5 aromatic carbocycles. The van der Waals surface area contributed by atoms with Crippen LogP contribution in [-0.4, -0.2) is 330 Å². The van der Waals surface area contributed by atoms with Gasteiger partial charge in [-0.2, -0.15) is 25.6 Å².